The van der Waals surface area contributed by atoms with Gasteiger partial charge in [0.1, 0.15) is 5.69 Å². The van der Waals surface area contributed by atoms with E-state index in [0.717, 1.165) is 15.6 Å². The SMILES string of the molecule is CN(C)c1ccc(-c2cn3nc(F)ccc3n2)s1. The molecule has 0 atom stereocenters. The zero-order valence-corrected chi connectivity index (χ0v) is 10.8. The van der Waals surface area contributed by atoms with Crippen molar-refractivity contribution in [2.75, 3.05) is 19.0 Å². The predicted molar refractivity (Wildman–Crippen MR) is 70.6 cm³/mol. The summed E-state index contributed by atoms with van der Waals surface area (Å²) in [5.41, 5.74) is 1.46. The van der Waals surface area contributed by atoms with Gasteiger partial charge in [-0.15, -0.1) is 16.4 Å². The van der Waals surface area contributed by atoms with Crippen LogP contribution in [-0.4, -0.2) is 28.7 Å². The number of aromatic nitrogens is 3. The van der Waals surface area contributed by atoms with E-state index in [9.17, 15) is 4.39 Å². The lowest BCUT2D eigenvalue weighted by molar-refractivity contribution is 0.555. The van der Waals surface area contributed by atoms with Crippen LogP contribution in [0.2, 0.25) is 0 Å². The number of fused-ring (bicyclic) bond motifs is 1. The fourth-order valence-electron chi connectivity index (χ4n) is 1.68. The van der Waals surface area contributed by atoms with Crippen molar-refractivity contribution < 1.29 is 4.39 Å². The van der Waals surface area contributed by atoms with Gasteiger partial charge in [-0.1, -0.05) is 0 Å². The third kappa shape index (κ3) is 1.84. The molecule has 4 nitrogen and oxygen atoms in total. The van der Waals surface area contributed by atoms with E-state index in [4.69, 9.17) is 0 Å². The Bertz CT molecular complexity index is 701. The van der Waals surface area contributed by atoms with E-state index >= 15 is 0 Å². The number of anilines is 1. The van der Waals surface area contributed by atoms with E-state index in [0.29, 0.717) is 5.65 Å². The lowest BCUT2D eigenvalue weighted by atomic mass is 10.4. The first-order valence-corrected chi connectivity index (χ1v) is 6.24. The average Bonchev–Trinajstić information content (AvgIpc) is 2.93. The Morgan fingerprint density at radius 1 is 1.22 bits per heavy atom. The lowest BCUT2D eigenvalue weighted by Gasteiger charge is -2.06. The van der Waals surface area contributed by atoms with Gasteiger partial charge in [-0.3, -0.25) is 0 Å². The van der Waals surface area contributed by atoms with Gasteiger partial charge in [0, 0.05) is 14.1 Å². The highest BCUT2D eigenvalue weighted by Gasteiger charge is 2.09. The lowest BCUT2D eigenvalue weighted by Crippen LogP contribution is -2.05. The van der Waals surface area contributed by atoms with Gasteiger partial charge in [0.25, 0.3) is 0 Å². The molecule has 3 rings (SSSR count). The summed E-state index contributed by atoms with van der Waals surface area (Å²) in [4.78, 5) is 7.51. The third-order valence-electron chi connectivity index (χ3n) is 2.57. The Labute approximate surface area is 107 Å². The van der Waals surface area contributed by atoms with E-state index < -0.39 is 5.95 Å². The number of hydrogen-bond donors (Lipinski definition) is 0. The van der Waals surface area contributed by atoms with Gasteiger partial charge in [0.2, 0.25) is 5.95 Å². The number of thiophene rings is 1. The van der Waals surface area contributed by atoms with Crippen molar-refractivity contribution in [3.8, 4) is 10.6 Å². The molecule has 0 spiro atoms. The van der Waals surface area contributed by atoms with Crippen LogP contribution < -0.4 is 4.90 Å². The molecule has 0 saturated heterocycles. The Morgan fingerprint density at radius 3 is 2.78 bits per heavy atom. The van der Waals surface area contributed by atoms with Crippen LogP contribution in [0.1, 0.15) is 0 Å². The highest BCUT2D eigenvalue weighted by atomic mass is 32.1. The minimum atomic E-state index is -0.508. The normalized spacial score (nSPS) is 11.1. The van der Waals surface area contributed by atoms with Gasteiger partial charge in [-0.25, -0.2) is 9.50 Å². The zero-order valence-electron chi connectivity index (χ0n) is 9.96. The fraction of sp³-hybridized carbons (Fsp3) is 0.167. The van der Waals surface area contributed by atoms with Crippen LogP contribution in [0, 0.1) is 5.95 Å². The molecule has 0 saturated carbocycles. The monoisotopic (exact) mass is 262 g/mol. The molecule has 92 valence electrons. The highest BCUT2D eigenvalue weighted by Crippen LogP contribution is 2.32. The molecule has 3 aromatic rings. The standard InChI is InChI=1S/C12H11FN4S/c1-16(2)12-6-3-9(18-12)8-7-17-11(14-8)5-4-10(13)15-17/h3-7H,1-2H3. The topological polar surface area (TPSA) is 33.4 Å². The number of imidazole rings is 1. The van der Waals surface area contributed by atoms with Crippen LogP contribution in [0.4, 0.5) is 9.39 Å². The average molecular weight is 262 g/mol. The summed E-state index contributed by atoms with van der Waals surface area (Å²) < 4.78 is 14.5. The molecule has 0 fully saturated rings. The largest absolute Gasteiger partial charge is 0.370 e. The number of hydrogen-bond acceptors (Lipinski definition) is 4. The van der Waals surface area contributed by atoms with Gasteiger partial charge < -0.3 is 4.90 Å². The molecule has 0 aliphatic rings. The van der Waals surface area contributed by atoms with Gasteiger partial charge in [0.05, 0.1) is 16.1 Å². The summed E-state index contributed by atoms with van der Waals surface area (Å²) >= 11 is 1.64. The molecular weight excluding hydrogens is 251 g/mol. The Kier molecular flexibility index (Phi) is 2.52. The molecule has 0 aliphatic heterocycles. The summed E-state index contributed by atoms with van der Waals surface area (Å²) in [7, 11) is 3.99. The van der Waals surface area contributed by atoms with Crippen molar-refractivity contribution in [2.24, 2.45) is 0 Å². The number of halogens is 1. The maximum absolute atomic E-state index is 13.0. The summed E-state index contributed by atoms with van der Waals surface area (Å²) in [5, 5.41) is 4.90. The quantitative estimate of drug-likeness (QED) is 0.712. The molecule has 0 aliphatic carbocycles. The van der Waals surface area contributed by atoms with Gasteiger partial charge >= 0.3 is 0 Å². The molecule has 3 aromatic heterocycles. The van der Waals surface area contributed by atoms with E-state index in [1.807, 2.05) is 31.1 Å². The first-order valence-electron chi connectivity index (χ1n) is 5.43. The molecule has 0 radical (unpaired) electrons. The second-order valence-corrected chi connectivity index (χ2v) is 5.18. The molecule has 18 heavy (non-hydrogen) atoms. The van der Waals surface area contributed by atoms with Crippen molar-refractivity contribution in [1.82, 2.24) is 14.6 Å². The van der Waals surface area contributed by atoms with Crippen molar-refractivity contribution in [3.05, 3.63) is 36.4 Å². The van der Waals surface area contributed by atoms with E-state index in [-0.39, 0.29) is 0 Å². The summed E-state index contributed by atoms with van der Waals surface area (Å²) in [6.45, 7) is 0. The summed E-state index contributed by atoms with van der Waals surface area (Å²) in [5.74, 6) is -0.508. The first-order chi connectivity index (χ1) is 8.63. The van der Waals surface area contributed by atoms with E-state index in [1.54, 1.807) is 23.6 Å². The van der Waals surface area contributed by atoms with Crippen molar-refractivity contribution in [2.45, 2.75) is 0 Å². The number of rotatable bonds is 2. The predicted octanol–water partition coefficient (Wildman–Crippen LogP) is 2.66. The van der Waals surface area contributed by atoms with E-state index in [1.165, 1.54) is 10.6 Å². The van der Waals surface area contributed by atoms with Crippen molar-refractivity contribution in [3.63, 3.8) is 0 Å². The Hall–Kier alpha value is -1.95. The van der Waals surface area contributed by atoms with Crippen LogP contribution in [0.25, 0.3) is 16.2 Å². The van der Waals surface area contributed by atoms with Gasteiger partial charge in [-0.05, 0) is 24.3 Å². The Balaban J connectivity index is 2.07. The second-order valence-electron chi connectivity index (χ2n) is 4.12. The maximum atomic E-state index is 13.0. The molecular formula is C12H11FN4S. The van der Waals surface area contributed by atoms with Crippen LogP contribution in [0.5, 0.6) is 0 Å². The van der Waals surface area contributed by atoms with Crippen molar-refractivity contribution >= 4 is 22.0 Å². The van der Waals surface area contributed by atoms with Crippen LogP contribution >= 0.6 is 11.3 Å². The van der Waals surface area contributed by atoms with Crippen LogP contribution in [0.15, 0.2) is 30.5 Å². The van der Waals surface area contributed by atoms with Gasteiger partial charge in [-0.2, -0.15) is 4.39 Å². The third-order valence-corrected chi connectivity index (χ3v) is 3.85. The zero-order chi connectivity index (χ0) is 12.7. The molecule has 0 bridgehead atoms. The molecule has 0 amide bonds. The fourth-order valence-corrected chi connectivity index (χ4v) is 2.57. The Morgan fingerprint density at radius 2 is 2.06 bits per heavy atom. The summed E-state index contributed by atoms with van der Waals surface area (Å²) in [6, 6.07) is 6.98. The van der Waals surface area contributed by atoms with E-state index in [2.05, 4.69) is 10.1 Å². The van der Waals surface area contributed by atoms with Gasteiger partial charge in [0.15, 0.2) is 5.65 Å². The molecule has 6 heteroatoms. The first kappa shape index (κ1) is 11.2. The minimum Gasteiger partial charge on any atom is -0.370 e. The highest BCUT2D eigenvalue weighted by molar-refractivity contribution is 7.19. The smallest absolute Gasteiger partial charge is 0.231 e. The van der Waals surface area contributed by atoms with Crippen molar-refractivity contribution in [1.29, 1.82) is 0 Å². The number of nitrogens with zero attached hydrogens (tertiary/aromatic N) is 4. The maximum Gasteiger partial charge on any atom is 0.231 e. The minimum absolute atomic E-state index is 0.508. The molecule has 0 unspecified atom stereocenters. The second kappa shape index (κ2) is 4.06. The van der Waals surface area contributed by atoms with Crippen LogP contribution in [-0.2, 0) is 0 Å². The molecule has 0 aromatic carbocycles. The molecule has 0 N–H and O–H groups in total. The van der Waals surface area contributed by atoms with Crippen LogP contribution in [0.3, 0.4) is 0 Å². The molecule has 3 heterocycles. The summed E-state index contributed by atoms with van der Waals surface area (Å²) in [6.07, 6.45) is 1.74.